The second-order valence-corrected chi connectivity index (χ2v) is 5.92. The van der Waals surface area contributed by atoms with Crippen LogP contribution >= 0.6 is 0 Å². The summed E-state index contributed by atoms with van der Waals surface area (Å²) in [5.74, 6) is -0.695. The van der Waals surface area contributed by atoms with Gasteiger partial charge in [-0.3, -0.25) is 9.89 Å². The zero-order valence-corrected chi connectivity index (χ0v) is 13.4. The van der Waals surface area contributed by atoms with E-state index in [0.29, 0.717) is 31.7 Å². The minimum atomic E-state index is -4.46. The number of halogens is 3. The minimum Gasteiger partial charge on any atom is -0.381 e. The molecule has 0 radical (unpaired) electrons. The van der Waals surface area contributed by atoms with E-state index < -0.39 is 24.7 Å². The first kappa shape index (κ1) is 17.5. The van der Waals surface area contributed by atoms with Gasteiger partial charge in [-0.05, 0) is 18.9 Å². The van der Waals surface area contributed by atoms with Crippen LogP contribution < -0.4 is 0 Å². The highest BCUT2D eigenvalue weighted by atomic mass is 19.4. The van der Waals surface area contributed by atoms with Gasteiger partial charge in [0.05, 0.1) is 5.69 Å². The quantitative estimate of drug-likeness (QED) is 0.918. The van der Waals surface area contributed by atoms with Crippen LogP contribution in [0, 0.1) is 0 Å². The Hall–Kier alpha value is -2.35. The summed E-state index contributed by atoms with van der Waals surface area (Å²) in [6.07, 6.45) is -3.68. The SMILES string of the molecule is O=C(c1cc(-c2ccccc2)n[nH]1)N(CC(F)(F)F)C1CCOCC1. The Balaban J connectivity index is 1.83. The van der Waals surface area contributed by atoms with E-state index in [9.17, 15) is 18.0 Å². The number of carbonyl (C=O) groups excluding carboxylic acids is 1. The lowest BCUT2D eigenvalue weighted by atomic mass is 10.1. The van der Waals surface area contributed by atoms with Crippen molar-refractivity contribution in [1.29, 1.82) is 0 Å². The van der Waals surface area contributed by atoms with Crippen LogP contribution in [0.4, 0.5) is 13.2 Å². The zero-order chi connectivity index (χ0) is 17.9. The average Bonchev–Trinajstić information content (AvgIpc) is 3.10. The van der Waals surface area contributed by atoms with Crippen LogP contribution in [0.15, 0.2) is 36.4 Å². The predicted molar refractivity (Wildman–Crippen MR) is 85.0 cm³/mol. The molecule has 134 valence electrons. The molecule has 8 heteroatoms. The second-order valence-electron chi connectivity index (χ2n) is 5.92. The Morgan fingerprint density at radius 3 is 2.56 bits per heavy atom. The van der Waals surface area contributed by atoms with Gasteiger partial charge in [-0.2, -0.15) is 18.3 Å². The van der Waals surface area contributed by atoms with E-state index in [4.69, 9.17) is 4.74 Å². The largest absolute Gasteiger partial charge is 0.406 e. The van der Waals surface area contributed by atoms with Crippen molar-refractivity contribution in [3.63, 3.8) is 0 Å². The van der Waals surface area contributed by atoms with Crippen molar-refractivity contribution >= 4 is 5.91 Å². The van der Waals surface area contributed by atoms with Crippen molar-refractivity contribution in [2.75, 3.05) is 19.8 Å². The number of nitrogens with zero attached hydrogens (tertiary/aromatic N) is 2. The molecule has 0 atom stereocenters. The van der Waals surface area contributed by atoms with Gasteiger partial charge in [0.2, 0.25) is 0 Å². The third-order valence-corrected chi connectivity index (χ3v) is 4.12. The molecule has 1 fully saturated rings. The van der Waals surface area contributed by atoms with Gasteiger partial charge in [0.25, 0.3) is 5.91 Å². The molecule has 25 heavy (non-hydrogen) atoms. The molecular formula is C17H18F3N3O2. The lowest BCUT2D eigenvalue weighted by molar-refractivity contribution is -0.147. The molecule has 0 saturated carbocycles. The van der Waals surface area contributed by atoms with Gasteiger partial charge in [0.15, 0.2) is 0 Å². The number of nitrogens with one attached hydrogen (secondary N) is 1. The topological polar surface area (TPSA) is 58.2 Å². The smallest absolute Gasteiger partial charge is 0.381 e. The monoisotopic (exact) mass is 353 g/mol. The first-order chi connectivity index (χ1) is 11.9. The molecule has 2 aromatic rings. The van der Waals surface area contributed by atoms with E-state index >= 15 is 0 Å². The molecule has 0 aliphatic carbocycles. The molecule has 1 aromatic heterocycles. The van der Waals surface area contributed by atoms with Crippen molar-refractivity contribution in [2.24, 2.45) is 0 Å². The number of amides is 1. The van der Waals surface area contributed by atoms with Crippen molar-refractivity contribution in [3.8, 4) is 11.3 Å². The maximum Gasteiger partial charge on any atom is 0.406 e. The Morgan fingerprint density at radius 2 is 1.92 bits per heavy atom. The van der Waals surface area contributed by atoms with Gasteiger partial charge in [-0.25, -0.2) is 0 Å². The molecule has 3 rings (SSSR count). The number of hydrogen-bond acceptors (Lipinski definition) is 3. The van der Waals surface area contributed by atoms with Crippen LogP contribution in [0.25, 0.3) is 11.3 Å². The highest BCUT2D eigenvalue weighted by molar-refractivity contribution is 5.93. The molecule has 1 saturated heterocycles. The summed E-state index contributed by atoms with van der Waals surface area (Å²) in [7, 11) is 0. The fraction of sp³-hybridized carbons (Fsp3) is 0.412. The van der Waals surface area contributed by atoms with Crippen LogP contribution in [-0.4, -0.2) is 53.0 Å². The number of alkyl halides is 3. The summed E-state index contributed by atoms with van der Waals surface area (Å²) in [6.45, 7) is -0.578. The summed E-state index contributed by atoms with van der Waals surface area (Å²) in [4.78, 5) is 13.6. The van der Waals surface area contributed by atoms with Gasteiger partial charge in [0.1, 0.15) is 12.2 Å². The minimum absolute atomic E-state index is 0.0506. The van der Waals surface area contributed by atoms with Gasteiger partial charge in [-0.1, -0.05) is 30.3 Å². The number of benzene rings is 1. The highest BCUT2D eigenvalue weighted by Crippen LogP contribution is 2.25. The molecule has 1 amide bonds. The number of ether oxygens (including phenoxy) is 1. The van der Waals surface area contributed by atoms with Crippen LogP contribution in [0.1, 0.15) is 23.3 Å². The number of rotatable bonds is 4. The average molecular weight is 353 g/mol. The number of carbonyl (C=O) groups is 1. The Bertz CT molecular complexity index is 709. The Morgan fingerprint density at radius 1 is 1.24 bits per heavy atom. The Labute approximate surface area is 142 Å². The van der Waals surface area contributed by atoms with Crippen LogP contribution in [0.5, 0.6) is 0 Å². The molecule has 0 unspecified atom stereocenters. The molecule has 0 spiro atoms. The second kappa shape index (κ2) is 7.26. The predicted octanol–water partition coefficient (Wildman–Crippen LogP) is 3.26. The lowest BCUT2D eigenvalue weighted by Gasteiger charge is -2.34. The Kier molecular flexibility index (Phi) is 5.08. The molecule has 1 aliphatic rings. The number of aromatic nitrogens is 2. The summed E-state index contributed by atoms with van der Waals surface area (Å²) in [5.41, 5.74) is 1.35. The van der Waals surface area contributed by atoms with Crippen LogP contribution in [0.3, 0.4) is 0 Å². The van der Waals surface area contributed by atoms with E-state index in [1.165, 1.54) is 6.07 Å². The van der Waals surface area contributed by atoms with Gasteiger partial charge >= 0.3 is 6.18 Å². The third-order valence-electron chi connectivity index (χ3n) is 4.12. The van der Waals surface area contributed by atoms with E-state index in [0.717, 1.165) is 10.5 Å². The van der Waals surface area contributed by atoms with Crippen molar-refractivity contribution < 1.29 is 22.7 Å². The van der Waals surface area contributed by atoms with Gasteiger partial charge in [-0.15, -0.1) is 0 Å². The van der Waals surface area contributed by atoms with Gasteiger partial charge < -0.3 is 9.64 Å². The number of hydrogen-bond donors (Lipinski definition) is 1. The van der Waals surface area contributed by atoms with E-state index in [1.807, 2.05) is 30.3 Å². The molecule has 1 aromatic carbocycles. The van der Waals surface area contributed by atoms with E-state index in [1.54, 1.807) is 0 Å². The normalized spacial score (nSPS) is 16.0. The summed E-state index contributed by atoms with van der Waals surface area (Å²) >= 11 is 0. The molecule has 0 bridgehead atoms. The molecule has 1 aliphatic heterocycles. The first-order valence-electron chi connectivity index (χ1n) is 8.00. The van der Waals surface area contributed by atoms with E-state index in [2.05, 4.69) is 10.2 Å². The zero-order valence-electron chi connectivity index (χ0n) is 13.4. The number of aromatic amines is 1. The third kappa shape index (κ3) is 4.39. The highest BCUT2D eigenvalue weighted by Gasteiger charge is 2.38. The fourth-order valence-corrected chi connectivity index (χ4v) is 2.90. The maximum absolute atomic E-state index is 13.0. The summed E-state index contributed by atoms with van der Waals surface area (Å²) in [5, 5.41) is 6.62. The maximum atomic E-state index is 13.0. The fourth-order valence-electron chi connectivity index (χ4n) is 2.90. The standard InChI is InChI=1S/C17H18F3N3O2/c18-17(19,20)11-23(13-6-8-25-9-7-13)16(24)15-10-14(21-22-15)12-4-2-1-3-5-12/h1-5,10,13H,6-9,11H2,(H,21,22). The molecule has 1 N–H and O–H groups in total. The first-order valence-corrected chi connectivity index (χ1v) is 8.00. The van der Waals surface area contributed by atoms with Crippen LogP contribution in [0.2, 0.25) is 0 Å². The van der Waals surface area contributed by atoms with Crippen molar-refractivity contribution in [3.05, 3.63) is 42.1 Å². The van der Waals surface area contributed by atoms with Crippen LogP contribution in [-0.2, 0) is 4.74 Å². The molecular weight excluding hydrogens is 335 g/mol. The van der Waals surface area contributed by atoms with Gasteiger partial charge in [0, 0.05) is 24.8 Å². The lowest BCUT2D eigenvalue weighted by Crippen LogP contribution is -2.48. The summed E-state index contributed by atoms with van der Waals surface area (Å²) in [6, 6.07) is 10.1. The molecule has 2 heterocycles. The van der Waals surface area contributed by atoms with Crippen molar-refractivity contribution in [1.82, 2.24) is 15.1 Å². The van der Waals surface area contributed by atoms with E-state index in [-0.39, 0.29) is 5.69 Å². The summed E-state index contributed by atoms with van der Waals surface area (Å²) < 4.78 is 44.1. The molecule has 5 nitrogen and oxygen atoms in total. The number of H-pyrrole nitrogens is 1. The van der Waals surface area contributed by atoms with Crippen molar-refractivity contribution in [2.45, 2.75) is 25.1 Å².